The summed E-state index contributed by atoms with van der Waals surface area (Å²) >= 11 is 0. The molecule has 9 nitrogen and oxygen atoms in total. The summed E-state index contributed by atoms with van der Waals surface area (Å²) in [6.45, 7) is 0.845. The second-order valence-electron chi connectivity index (χ2n) is 4.09. The molecule has 0 spiro atoms. The first-order valence-electron chi connectivity index (χ1n) is 6.05. The lowest BCUT2D eigenvalue weighted by Crippen LogP contribution is -2.16. The number of ether oxygens (including phenoxy) is 2. The van der Waals surface area contributed by atoms with Crippen LogP contribution in [0.4, 0.5) is 0 Å². The molecule has 2 rings (SSSR count). The van der Waals surface area contributed by atoms with Crippen LogP contribution in [-0.4, -0.2) is 28.2 Å². The van der Waals surface area contributed by atoms with E-state index in [0.29, 0.717) is 0 Å². The highest BCUT2D eigenvalue weighted by Crippen LogP contribution is 2.19. The third-order valence-electron chi connectivity index (χ3n) is 2.49. The molecular formula is C13H11N3O6. The van der Waals surface area contributed by atoms with Gasteiger partial charge in [0.1, 0.15) is 17.9 Å². The fraction of sp³-hybridized carbons (Fsp3) is 0.154. The predicted molar refractivity (Wildman–Crippen MR) is 69.7 cm³/mol. The van der Waals surface area contributed by atoms with E-state index < -0.39 is 17.8 Å². The van der Waals surface area contributed by atoms with Crippen LogP contribution >= 0.6 is 0 Å². The van der Waals surface area contributed by atoms with Crippen molar-refractivity contribution in [1.29, 1.82) is 0 Å². The molecule has 1 aromatic carbocycles. The Kier molecular flexibility index (Phi) is 4.47. The molecule has 0 aliphatic carbocycles. The number of para-hydroxylation sites is 1. The van der Waals surface area contributed by atoms with Crippen molar-refractivity contribution < 1.29 is 28.5 Å². The van der Waals surface area contributed by atoms with E-state index in [0.717, 1.165) is 0 Å². The van der Waals surface area contributed by atoms with Crippen molar-refractivity contribution in [3.63, 3.8) is 0 Å². The van der Waals surface area contributed by atoms with Gasteiger partial charge in [-0.05, 0) is 17.3 Å². The smallest absolute Gasteiger partial charge is 0.342 e. The van der Waals surface area contributed by atoms with Gasteiger partial charge < -0.3 is 15.2 Å². The van der Waals surface area contributed by atoms with Gasteiger partial charge in [0.05, 0.1) is 0 Å². The van der Waals surface area contributed by atoms with Crippen molar-refractivity contribution in [2.45, 2.75) is 13.5 Å². The molecule has 0 bridgehead atoms. The highest BCUT2D eigenvalue weighted by atomic mass is 16.6. The van der Waals surface area contributed by atoms with Crippen LogP contribution in [0.25, 0.3) is 0 Å². The number of carbonyl (C=O) groups is 3. The minimum atomic E-state index is -0.854. The van der Waals surface area contributed by atoms with Crippen LogP contribution in [0.15, 0.2) is 28.9 Å². The van der Waals surface area contributed by atoms with Crippen LogP contribution in [0.5, 0.6) is 5.75 Å². The molecule has 0 atom stereocenters. The normalized spacial score (nSPS) is 10.0. The molecule has 1 amide bonds. The molecule has 0 unspecified atom stereocenters. The SMILES string of the molecule is CC(=O)Oc1ccccc1C(=O)OCc1nonc1C(N)=O. The highest BCUT2D eigenvalue weighted by Gasteiger charge is 2.19. The first-order valence-corrected chi connectivity index (χ1v) is 6.05. The van der Waals surface area contributed by atoms with Crippen molar-refractivity contribution in [2.24, 2.45) is 5.73 Å². The van der Waals surface area contributed by atoms with Gasteiger partial charge >= 0.3 is 11.9 Å². The van der Waals surface area contributed by atoms with Crippen LogP contribution in [0.2, 0.25) is 0 Å². The molecule has 1 aromatic heterocycles. The summed E-state index contributed by atoms with van der Waals surface area (Å²) in [6, 6.07) is 6.05. The third-order valence-corrected chi connectivity index (χ3v) is 2.49. The molecule has 0 saturated carbocycles. The lowest BCUT2D eigenvalue weighted by atomic mass is 10.2. The lowest BCUT2D eigenvalue weighted by Gasteiger charge is -2.08. The Morgan fingerprint density at radius 1 is 1.23 bits per heavy atom. The Hall–Kier alpha value is -3.23. The molecule has 0 fully saturated rings. The Labute approximate surface area is 124 Å². The Morgan fingerprint density at radius 3 is 2.64 bits per heavy atom. The molecule has 114 valence electrons. The zero-order chi connectivity index (χ0) is 16.1. The number of nitrogens with two attached hydrogens (primary N) is 1. The summed E-state index contributed by atoms with van der Waals surface area (Å²) in [5, 5.41) is 6.73. The maximum atomic E-state index is 12.0. The van der Waals surface area contributed by atoms with Crippen molar-refractivity contribution in [3.8, 4) is 5.75 Å². The second-order valence-corrected chi connectivity index (χ2v) is 4.09. The maximum absolute atomic E-state index is 12.0. The second kappa shape index (κ2) is 6.48. The van der Waals surface area contributed by atoms with Crippen molar-refractivity contribution in [1.82, 2.24) is 10.3 Å². The molecule has 0 aliphatic rings. The van der Waals surface area contributed by atoms with Gasteiger partial charge in [-0.2, -0.15) is 0 Å². The van der Waals surface area contributed by atoms with E-state index in [1.54, 1.807) is 12.1 Å². The number of hydrogen-bond acceptors (Lipinski definition) is 8. The first kappa shape index (κ1) is 15.2. The van der Waals surface area contributed by atoms with Gasteiger partial charge in [0.2, 0.25) is 0 Å². The average molecular weight is 305 g/mol. The van der Waals surface area contributed by atoms with Crippen molar-refractivity contribution in [2.75, 3.05) is 0 Å². The zero-order valence-electron chi connectivity index (χ0n) is 11.4. The Bertz CT molecular complexity index is 724. The lowest BCUT2D eigenvalue weighted by molar-refractivity contribution is -0.131. The van der Waals surface area contributed by atoms with Crippen molar-refractivity contribution in [3.05, 3.63) is 41.2 Å². The molecule has 0 saturated heterocycles. The van der Waals surface area contributed by atoms with Gasteiger partial charge in [-0.25, -0.2) is 9.42 Å². The van der Waals surface area contributed by atoms with Crippen LogP contribution < -0.4 is 10.5 Å². The summed E-state index contributed by atoms with van der Waals surface area (Å²) in [7, 11) is 0. The number of rotatable bonds is 5. The quantitative estimate of drug-likeness (QED) is 0.621. The van der Waals surface area contributed by atoms with Gasteiger partial charge in [-0.1, -0.05) is 17.3 Å². The third kappa shape index (κ3) is 3.45. The maximum Gasteiger partial charge on any atom is 0.342 e. The molecule has 0 aliphatic heterocycles. The number of nitrogens with zero attached hydrogens (tertiary/aromatic N) is 2. The van der Waals surface area contributed by atoms with Crippen LogP contribution in [0.3, 0.4) is 0 Å². The van der Waals surface area contributed by atoms with E-state index in [2.05, 4.69) is 14.9 Å². The summed E-state index contributed by atoms with van der Waals surface area (Å²) < 4.78 is 14.2. The number of primary amides is 1. The van der Waals surface area contributed by atoms with E-state index in [1.807, 2.05) is 0 Å². The molecular weight excluding hydrogens is 294 g/mol. The number of amides is 1. The van der Waals surface area contributed by atoms with E-state index in [4.69, 9.17) is 15.2 Å². The topological polar surface area (TPSA) is 135 Å². The molecule has 2 aromatic rings. The number of aromatic nitrogens is 2. The number of benzene rings is 1. The van der Waals surface area contributed by atoms with Crippen LogP contribution in [-0.2, 0) is 16.1 Å². The van der Waals surface area contributed by atoms with Gasteiger partial charge in [0.15, 0.2) is 11.4 Å². The Morgan fingerprint density at radius 2 is 1.95 bits per heavy atom. The Balaban J connectivity index is 2.11. The molecule has 1 heterocycles. The van der Waals surface area contributed by atoms with E-state index in [9.17, 15) is 14.4 Å². The standard InChI is InChI=1S/C13H11N3O6/c1-7(17)21-10-5-3-2-4-8(10)13(19)20-6-9-11(12(14)18)16-22-15-9/h2-5H,6H2,1H3,(H2,14,18). The minimum Gasteiger partial charge on any atom is -0.455 e. The van der Waals surface area contributed by atoms with Crippen molar-refractivity contribution >= 4 is 17.8 Å². The minimum absolute atomic E-state index is 0.00850. The molecule has 9 heteroatoms. The van der Waals surface area contributed by atoms with Crippen LogP contribution in [0, 0.1) is 0 Å². The summed E-state index contributed by atoms with van der Waals surface area (Å²) in [5.74, 6) is -2.13. The fourth-order valence-corrected chi connectivity index (χ4v) is 1.58. The number of carbonyl (C=O) groups excluding carboxylic acids is 3. The van der Waals surface area contributed by atoms with Crippen LogP contribution in [0.1, 0.15) is 33.5 Å². The number of esters is 2. The first-order chi connectivity index (χ1) is 10.5. The highest BCUT2D eigenvalue weighted by molar-refractivity contribution is 5.94. The van der Waals surface area contributed by atoms with E-state index in [1.165, 1.54) is 19.1 Å². The predicted octanol–water partition coefficient (Wildman–Crippen LogP) is 0.451. The van der Waals surface area contributed by atoms with Gasteiger partial charge in [0, 0.05) is 6.92 Å². The summed E-state index contributed by atoms with van der Waals surface area (Å²) in [6.07, 6.45) is 0. The van der Waals surface area contributed by atoms with Gasteiger partial charge in [-0.3, -0.25) is 9.59 Å². The summed E-state index contributed by atoms with van der Waals surface area (Å²) in [5.41, 5.74) is 4.88. The molecule has 22 heavy (non-hydrogen) atoms. The number of hydrogen-bond donors (Lipinski definition) is 1. The molecule has 0 radical (unpaired) electrons. The van der Waals surface area contributed by atoms with E-state index >= 15 is 0 Å². The largest absolute Gasteiger partial charge is 0.455 e. The monoisotopic (exact) mass is 305 g/mol. The zero-order valence-corrected chi connectivity index (χ0v) is 11.4. The van der Waals surface area contributed by atoms with E-state index in [-0.39, 0.29) is 29.3 Å². The van der Waals surface area contributed by atoms with Gasteiger partial charge in [0.25, 0.3) is 5.91 Å². The average Bonchev–Trinajstić information content (AvgIpc) is 2.93. The fourth-order valence-electron chi connectivity index (χ4n) is 1.58. The summed E-state index contributed by atoms with van der Waals surface area (Å²) in [4.78, 5) is 34.0. The molecule has 2 N–H and O–H groups in total. The van der Waals surface area contributed by atoms with Gasteiger partial charge in [-0.15, -0.1) is 0 Å².